The van der Waals surface area contributed by atoms with Crippen LogP contribution in [0.3, 0.4) is 0 Å². The Morgan fingerprint density at radius 3 is 2.00 bits per heavy atom. The molecule has 9 heteroatoms. The molecule has 0 aromatic heterocycles. The van der Waals surface area contributed by atoms with Crippen LogP contribution in [-0.2, 0) is 41.8 Å². The molecule has 1 aliphatic heterocycles. The van der Waals surface area contributed by atoms with Gasteiger partial charge in [0.1, 0.15) is 16.6 Å². The van der Waals surface area contributed by atoms with Gasteiger partial charge in [0, 0.05) is 17.1 Å². The smallest absolute Gasteiger partial charge is 0.264 e. The van der Waals surface area contributed by atoms with Crippen molar-refractivity contribution in [3.63, 3.8) is 0 Å². The molecule has 7 nitrogen and oxygen atoms in total. The normalized spacial score (nSPS) is 25.8. The molecule has 3 rings (SSSR count). The van der Waals surface area contributed by atoms with Gasteiger partial charge in [-0.3, -0.25) is 4.18 Å². The van der Waals surface area contributed by atoms with E-state index in [1.54, 1.807) is 25.6 Å². The molecule has 1 unspecified atom stereocenters. The maximum Gasteiger partial charge on any atom is 0.264 e. The zero-order valence-corrected chi connectivity index (χ0v) is 26.4. The summed E-state index contributed by atoms with van der Waals surface area (Å²) >= 11 is 1.65. The van der Waals surface area contributed by atoms with Gasteiger partial charge in [-0.2, -0.15) is 8.42 Å². The molecule has 1 heterocycles. The molecule has 2 aromatic rings. The number of aldehydes is 1. The monoisotopic (exact) mass is 594 g/mol. The minimum Gasteiger partial charge on any atom is -0.379 e. The maximum atomic E-state index is 11.5. The van der Waals surface area contributed by atoms with E-state index >= 15 is 0 Å². The number of hydrogen-bond donors (Lipinski definition) is 1. The Kier molecular flexibility index (Phi) is 13.3. The van der Waals surface area contributed by atoms with Gasteiger partial charge in [0.2, 0.25) is 0 Å². The highest BCUT2D eigenvalue weighted by molar-refractivity contribution is 8.00. The Morgan fingerprint density at radius 2 is 1.57 bits per heavy atom. The van der Waals surface area contributed by atoms with Crippen LogP contribution in [-0.4, -0.2) is 54.1 Å². The van der Waals surface area contributed by atoms with Crippen LogP contribution in [0.15, 0.2) is 60.7 Å². The molecule has 1 saturated heterocycles. The van der Waals surface area contributed by atoms with Crippen LogP contribution < -0.4 is 0 Å². The second kappa shape index (κ2) is 15.5. The fraction of sp³-hybridized carbons (Fsp3) is 0.581. The van der Waals surface area contributed by atoms with E-state index < -0.39 is 38.8 Å². The van der Waals surface area contributed by atoms with E-state index in [0.717, 1.165) is 30.1 Å². The first kappa shape index (κ1) is 34.5. The summed E-state index contributed by atoms with van der Waals surface area (Å²) in [6.07, 6.45) is 2.65. The molecule has 0 amide bonds. The molecular formula is C31H46O7S2. The first-order chi connectivity index (χ1) is 18.8. The summed E-state index contributed by atoms with van der Waals surface area (Å²) in [4.78, 5) is 11.5. The van der Waals surface area contributed by atoms with E-state index in [0.29, 0.717) is 24.2 Å². The molecule has 0 radical (unpaired) electrons. The summed E-state index contributed by atoms with van der Waals surface area (Å²) in [5.41, 5.74) is 0.103. The fourth-order valence-corrected chi connectivity index (χ4v) is 7.00. The van der Waals surface area contributed by atoms with Crippen LogP contribution in [0.2, 0.25) is 0 Å². The Labute approximate surface area is 245 Å². The SMILES string of the molecule is CC[C@@H]1SC(O)[C@](C)(OCc2ccccc2)[C@@H]1C.CC[C@H](OS(C)(=O)=O)[C@@H](C)[C@](C)(C=O)OCc1ccccc1. The number of hydrogen-bond acceptors (Lipinski definition) is 8. The summed E-state index contributed by atoms with van der Waals surface area (Å²) in [5.74, 6) is -0.0420. The van der Waals surface area contributed by atoms with Crippen LogP contribution in [0.25, 0.3) is 0 Å². The third-order valence-electron chi connectivity index (χ3n) is 7.84. The highest BCUT2D eigenvalue weighted by atomic mass is 32.2. The predicted molar refractivity (Wildman–Crippen MR) is 161 cm³/mol. The quantitative estimate of drug-likeness (QED) is 0.223. The van der Waals surface area contributed by atoms with Gasteiger partial charge in [0.15, 0.2) is 6.29 Å². The van der Waals surface area contributed by atoms with Crippen molar-refractivity contribution in [3.05, 3.63) is 71.8 Å². The van der Waals surface area contributed by atoms with E-state index in [1.807, 2.05) is 62.4 Å². The lowest BCUT2D eigenvalue weighted by Crippen LogP contribution is -2.45. The molecule has 1 fully saturated rings. The maximum absolute atomic E-state index is 11.5. The molecule has 0 spiro atoms. The van der Waals surface area contributed by atoms with Crippen molar-refractivity contribution in [3.8, 4) is 0 Å². The number of carbonyl (C=O) groups excluding carboxylic acids is 1. The Bertz CT molecular complexity index is 1130. The molecule has 40 heavy (non-hydrogen) atoms. The lowest BCUT2D eigenvalue weighted by atomic mass is 9.86. The van der Waals surface area contributed by atoms with Crippen LogP contribution >= 0.6 is 11.8 Å². The number of benzene rings is 2. The highest BCUT2D eigenvalue weighted by Crippen LogP contribution is 2.48. The van der Waals surface area contributed by atoms with E-state index in [2.05, 4.69) is 26.0 Å². The molecule has 7 atom stereocenters. The van der Waals surface area contributed by atoms with Crippen molar-refractivity contribution >= 4 is 28.2 Å². The number of aliphatic hydroxyl groups is 1. The van der Waals surface area contributed by atoms with Gasteiger partial charge >= 0.3 is 0 Å². The molecule has 0 aliphatic carbocycles. The summed E-state index contributed by atoms with van der Waals surface area (Å²) < 4.78 is 39.6. The van der Waals surface area contributed by atoms with Gasteiger partial charge < -0.3 is 19.4 Å². The molecule has 0 saturated carbocycles. The largest absolute Gasteiger partial charge is 0.379 e. The average molecular weight is 595 g/mol. The van der Waals surface area contributed by atoms with Crippen molar-refractivity contribution in [1.82, 2.24) is 0 Å². The highest BCUT2D eigenvalue weighted by Gasteiger charge is 2.50. The number of thioether (sulfide) groups is 1. The number of ether oxygens (including phenoxy) is 2. The van der Waals surface area contributed by atoms with Gasteiger partial charge in [0.05, 0.1) is 25.6 Å². The first-order valence-electron chi connectivity index (χ1n) is 13.8. The van der Waals surface area contributed by atoms with E-state index in [1.165, 1.54) is 0 Å². The lowest BCUT2D eigenvalue weighted by Gasteiger charge is -2.34. The number of aliphatic hydroxyl groups excluding tert-OH is 1. The van der Waals surface area contributed by atoms with Crippen LogP contribution in [0.1, 0.15) is 65.5 Å². The van der Waals surface area contributed by atoms with Gasteiger partial charge in [-0.15, -0.1) is 11.8 Å². The molecule has 2 aromatic carbocycles. The van der Waals surface area contributed by atoms with Gasteiger partial charge in [0.25, 0.3) is 10.1 Å². The molecule has 0 bridgehead atoms. The third-order valence-corrected chi connectivity index (χ3v) is 10.3. The van der Waals surface area contributed by atoms with Gasteiger partial charge in [-0.25, -0.2) is 0 Å². The van der Waals surface area contributed by atoms with Crippen molar-refractivity contribution in [2.24, 2.45) is 11.8 Å². The van der Waals surface area contributed by atoms with Crippen LogP contribution in [0.5, 0.6) is 0 Å². The zero-order chi connectivity index (χ0) is 30.0. The van der Waals surface area contributed by atoms with Crippen molar-refractivity contribution in [2.45, 2.75) is 95.6 Å². The minimum atomic E-state index is -3.59. The van der Waals surface area contributed by atoms with Gasteiger partial charge in [-0.1, -0.05) is 88.4 Å². The van der Waals surface area contributed by atoms with Crippen LogP contribution in [0, 0.1) is 11.8 Å². The summed E-state index contributed by atoms with van der Waals surface area (Å²) in [5, 5.41) is 10.7. The molecule has 1 N–H and O–H groups in total. The fourth-order valence-electron chi connectivity index (χ4n) is 4.66. The minimum absolute atomic E-state index is 0.274. The zero-order valence-electron chi connectivity index (χ0n) is 24.8. The first-order valence-corrected chi connectivity index (χ1v) is 16.6. The third kappa shape index (κ3) is 9.67. The van der Waals surface area contributed by atoms with Crippen molar-refractivity contribution < 1.29 is 32.0 Å². The number of rotatable bonds is 13. The Morgan fingerprint density at radius 1 is 1.05 bits per heavy atom. The van der Waals surface area contributed by atoms with E-state index in [-0.39, 0.29) is 6.61 Å². The van der Waals surface area contributed by atoms with Crippen LogP contribution in [0.4, 0.5) is 0 Å². The average Bonchev–Trinajstić information content (AvgIpc) is 3.17. The predicted octanol–water partition coefficient (Wildman–Crippen LogP) is 5.99. The summed E-state index contributed by atoms with van der Waals surface area (Å²) in [6, 6.07) is 19.6. The molecular weight excluding hydrogens is 548 g/mol. The number of carbonyl (C=O) groups is 1. The Balaban J connectivity index is 0.000000285. The van der Waals surface area contributed by atoms with Crippen molar-refractivity contribution in [1.29, 1.82) is 0 Å². The van der Waals surface area contributed by atoms with Gasteiger partial charge in [-0.05, 0) is 37.8 Å². The standard InChI is InChI=1S/C16H24O5S.C15H22O2S/c1-5-15(21-22(4,18)19)13(2)16(3,12-17)20-11-14-9-7-6-8-10-14;1-4-13-11(2)15(3,14(16)18-13)17-10-12-8-6-5-7-9-12/h6-10,12-13,15H,5,11H2,1-4H3;5-9,11,13-14,16H,4,10H2,1-3H3/t13-,15+,16+;11-,13+,14?,15-/m11/s1. The summed E-state index contributed by atoms with van der Waals surface area (Å²) in [6.45, 7) is 12.5. The van der Waals surface area contributed by atoms with Crippen molar-refractivity contribution in [2.75, 3.05) is 6.26 Å². The topological polar surface area (TPSA) is 99.1 Å². The second-order valence-electron chi connectivity index (χ2n) is 10.8. The Hall–Kier alpha value is -1.75. The molecule has 1 aliphatic rings. The molecule has 224 valence electrons. The van der Waals surface area contributed by atoms with E-state index in [9.17, 15) is 18.3 Å². The lowest BCUT2D eigenvalue weighted by molar-refractivity contribution is -0.144. The van der Waals surface area contributed by atoms with E-state index in [4.69, 9.17) is 13.7 Å². The summed E-state index contributed by atoms with van der Waals surface area (Å²) in [7, 11) is -3.59. The second-order valence-corrected chi connectivity index (χ2v) is 13.7.